The van der Waals surface area contributed by atoms with Gasteiger partial charge in [0.05, 0.1) is 25.1 Å². The monoisotopic (exact) mass is 263 g/mol. The molecule has 0 saturated carbocycles. The molecule has 2 saturated heterocycles. The van der Waals surface area contributed by atoms with E-state index in [1.807, 2.05) is 21.8 Å². The molecule has 3 heterocycles. The fraction of sp³-hybridized carbons (Fsp3) is 0.714. The third-order valence-corrected chi connectivity index (χ3v) is 4.08. The maximum Gasteiger partial charge on any atom is 0.225 e. The maximum absolute atomic E-state index is 12.4. The molecule has 5 heteroatoms. The van der Waals surface area contributed by atoms with Crippen LogP contribution in [0.5, 0.6) is 0 Å². The highest BCUT2D eigenvalue weighted by Crippen LogP contribution is 2.22. The number of ether oxygens (including phenoxy) is 1. The van der Waals surface area contributed by atoms with Gasteiger partial charge in [-0.25, -0.2) is 0 Å². The van der Waals surface area contributed by atoms with E-state index in [-0.39, 0.29) is 12.0 Å². The van der Waals surface area contributed by atoms with Gasteiger partial charge in [-0.1, -0.05) is 0 Å². The zero-order valence-corrected chi connectivity index (χ0v) is 11.2. The summed E-state index contributed by atoms with van der Waals surface area (Å²) in [6, 6.07) is 2.22. The maximum atomic E-state index is 12.4. The van der Waals surface area contributed by atoms with Crippen LogP contribution in [-0.4, -0.2) is 45.9 Å². The van der Waals surface area contributed by atoms with Crippen molar-refractivity contribution in [3.63, 3.8) is 0 Å². The van der Waals surface area contributed by atoms with Crippen molar-refractivity contribution >= 4 is 5.91 Å². The lowest BCUT2D eigenvalue weighted by Crippen LogP contribution is -2.39. The van der Waals surface area contributed by atoms with Gasteiger partial charge in [-0.2, -0.15) is 5.10 Å². The molecule has 2 aliphatic heterocycles. The van der Waals surface area contributed by atoms with E-state index >= 15 is 0 Å². The minimum absolute atomic E-state index is 0.151. The predicted molar refractivity (Wildman–Crippen MR) is 70.6 cm³/mol. The first-order valence-corrected chi connectivity index (χ1v) is 7.21. The Bertz CT molecular complexity index is 412. The summed E-state index contributed by atoms with van der Waals surface area (Å²) in [4.78, 5) is 14.4. The van der Waals surface area contributed by atoms with Gasteiger partial charge in [0.25, 0.3) is 0 Å². The summed E-state index contributed by atoms with van der Waals surface area (Å²) in [7, 11) is 0. The Labute approximate surface area is 113 Å². The molecule has 104 valence electrons. The van der Waals surface area contributed by atoms with Crippen molar-refractivity contribution in [2.24, 2.45) is 0 Å². The van der Waals surface area contributed by atoms with Gasteiger partial charge in [0.15, 0.2) is 0 Å². The largest absolute Gasteiger partial charge is 0.378 e. The third kappa shape index (κ3) is 2.97. The van der Waals surface area contributed by atoms with Crippen molar-refractivity contribution in [3.05, 3.63) is 18.5 Å². The van der Waals surface area contributed by atoms with Gasteiger partial charge >= 0.3 is 0 Å². The Morgan fingerprint density at radius 2 is 2.32 bits per heavy atom. The van der Waals surface area contributed by atoms with Crippen molar-refractivity contribution < 1.29 is 9.53 Å². The lowest BCUT2D eigenvalue weighted by atomic mass is 10.1. The van der Waals surface area contributed by atoms with E-state index in [2.05, 4.69) is 5.10 Å². The third-order valence-electron chi connectivity index (χ3n) is 4.08. The molecule has 0 N–H and O–H groups in total. The topological polar surface area (TPSA) is 47.4 Å². The normalized spacial score (nSPS) is 27.1. The molecule has 0 bridgehead atoms. The summed E-state index contributed by atoms with van der Waals surface area (Å²) in [5.41, 5.74) is 0. The Hall–Kier alpha value is -1.36. The zero-order valence-electron chi connectivity index (χ0n) is 11.2. The average Bonchev–Trinajstić information content (AvgIpc) is 3.10. The van der Waals surface area contributed by atoms with Gasteiger partial charge in [0.2, 0.25) is 5.91 Å². The summed E-state index contributed by atoms with van der Waals surface area (Å²) in [5.74, 6) is 0.251. The Morgan fingerprint density at radius 3 is 3.05 bits per heavy atom. The molecular weight excluding hydrogens is 242 g/mol. The number of nitrogens with zero attached hydrogens (tertiary/aromatic N) is 3. The van der Waals surface area contributed by atoms with Crippen molar-refractivity contribution in [2.75, 3.05) is 13.2 Å². The van der Waals surface area contributed by atoms with Crippen molar-refractivity contribution in [3.8, 4) is 0 Å². The highest BCUT2D eigenvalue weighted by molar-refractivity contribution is 5.77. The summed E-state index contributed by atoms with van der Waals surface area (Å²) < 4.78 is 7.48. The Morgan fingerprint density at radius 1 is 1.37 bits per heavy atom. The first-order valence-electron chi connectivity index (χ1n) is 7.21. The standard InChI is InChI=1S/C14H21N3O2/c18-14(10-13-5-2-9-19-13)17-8-1-4-12(17)11-16-7-3-6-15-16/h3,6-7,12-13H,1-2,4-5,8-11H2/t12-,13-/m1/s1. The first-order chi connectivity index (χ1) is 9.33. The van der Waals surface area contributed by atoms with Crippen molar-refractivity contribution in [1.29, 1.82) is 0 Å². The molecule has 5 nitrogen and oxygen atoms in total. The SMILES string of the molecule is O=C(C[C@H]1CCCO1)N1CCC[C@@H]1Cn1cccn1. The quantitative estimate of drug-likeness (QED) is 0.826. The molecule has 2 atom stereocenters. The van der Waals surface area contributed by atoms with Gasteiger partial charge in [-0.05, 0) is 31.7 Å². The molecule has 2 aliphatic rings. The second-order valence-electron chi connectivity index (χ2n) is 5.45. The fourth-order valence-corrected chi connectivity index (χ4v) is 3.10. The number of carbonyl (C=O) groups is 1. The second kappa shape index (κ2) is 5.74. The van der Waals surface area contributed by atoms with E-state index in [0.29, 0.717) is 12.5 Å². The summed E-state index contributed by atoms with van der Waals surface area (Å²) in [6.07, 6.45) is 8.75. The Kier molecular flexibility index (Phi) is 3.82. The number of rotatable bonds is 4. The molecule has 0 aliphatic carbocycles. The average molecular weight is 263 g/mol. The highest BCUT2D eigenvalue weighted by atomic mass is 16.5. The van der Waals surface area contributed by atoms with Crippen LogP contribution in [0.25, 0.3) is 0 Å². The Balaban J connectivity index is 1.57. The van der Waals surface area contributed by atoms with Crippen LogP contribution >= 0.6 is 0 Å². The van der Waals surface area contributed by atoms with Crippen LogP contribution < -0.4 is 0 Å². The molecule has 19 heavy (non-hydrogen) atoms. The smallest absolute Gasteiger partial charge is 0.225 e. The molecule has 1 aromatic heterocycles. The van der Waals surface area contributed by atoms with Crippen LogP contribution in [0, 0.1) is 0 Å². The van der Waals surface area contributed by atoms with Crippen LogP contribution in [0.15, 0.2) is 18.5 Å². The lowest BCUT2D eigenvalue weighted by molar-refractivity contribution is -0.134. The molecule has 1 amide bonds. The molecule has 3 rings (SSSR count). The minimum atomic E-state index is 0.151. The van der Waals surface area contributed by atoms with Gasteiger partial charge in [0, 0.05) is 25.5 Å². The van der Waals surface area contributed by atoms with Crippen molar-refractivity contribution in [2.45, 2.75) is 50.8 Å². The van der Waals surface area contributed by atoms with Crippen molar-refractivity contribution in [1.82, 2.24) is 14.7 Å². The zero-order chi connectivity index (χ0) is 13.1. The first kappa shape index (κ1) is 12.7. The van der Waals surface area contributed by atoms with E-state index in [1.165, 1.54) is 0 Å². The summed E-state index contributed by atoms with van der Waals surface area (Å²) in [6.45, 7) is 2.51. The van der Waals surface area contributed by atoms with E-state index in [1.54, 1.807) is 6.20 Å². The predicted octanol–water partition coefficient (Wildman–Crippen LogP) is 1.44. The van der Waals surface area contributed by atoms with Gasteiger partial charge < -0.3 is 9.64 Å². The van der Waals surface area contributed by atoms with Gasteiger partial charge in [-0.3, -0.25) is 9.48 Å². The summed E-state index contributed by atoms with van der Waals surface area (Å²) >= 11 is 0. The number of carbonyl (C=O) groups excluding carboxylic acids is 1. The van der Waals surface area contributed by atoms with E-state index in [0.717, 1.165) is 45.4 Å². The second-order valence-corrected chi connectivity index (χ2v) is 5.45. The highest BCUT2D eigenvalue weighted by Gasteiger charge is 2.31. The molecule has 0 unspecified atom stereocenters. The van der Waals surface area contributed by atoms with E-state index in [4.69, 9.17) is 4.74 Å². The van der Waals surface area contributed by atoms with E-state index < -0.39 is 0 Å². The molecule has 0 aromatic carbocycles. The molecule has 0 radical (unpaired) electrons. The van der Waals surface area contributed by atoms with Crippen LogP contribution in [-0.2, 0) is 16.1 Å². The van der Waals surface area contributed by atoms with Crippen LogP contribution in [0.3, 0.4) is 0 Å². The number of likely N-dealkylation sites (tertiary alicyclic amines) is 1. The van der Waals surface area contributed by atoms with Crippen LogP contribution in [0.2, 0.25) is 0 Å². The molecular formula is C14H21N3O2. The summed E-state index contributed by atoms with van der Waals surface area (Å²) in [5, 5.41) is 4.23. The van der Waals surface area contributed by atoms with E-state index in [9.17, 15) is 4.79 Å². The molecule has 1 aromatic rings. The number of hydrogen-bond acceptors (Lipinski definition) is 3. The van der Waals surface area contributed by atoms with Crippen LogP contribution in [0.1, 0.15) is 32.1 Å². The van der Waals surface area contributed by atoms with Crippen LogP contribution in [0.4, 0.5) is 0 Å². The molecule has 0 spiro atoms. The number of aromatic nitrogens is 2. The number of hydrogen-bond donors (Lipinski definition) is 0. The van der Waals surface area contributed by atoms with Gasteiger partial charge in [0.1, 0.15) is 0 Å². The number of amides is 1. The molecule has 2 fully saturated rings. The minimum Gasteiger partial charge on any atom is -0.378 e. The fourth-order valence-electron chi connectivity index (χ4n) is 3.10. The lowest BCUT2D eigenvalue weighted by Gasteiger charge is -2.25. The van der Waals surface area contributed by atoms with Gasteiger partial charge in [-0.15, -0.1) is 0 Å².